The van der Waals surface area contributed by atoms with E-state index in [1.807, 2.05) is 0 Å². The number of nitrogens with two attached hydrogens (primary N) is 1. The predicted octanol–water partition coefficient (Wildman–Crippen LogP) is 0.444. The summed E-state index contributed by atoms with van der Waals surface area (Å²) in [7, 11) is 2.15. The maximum Gasteiger partial charge on any atom is 0.0622 e. The van der Waals surface area contributed by atoms with E-state index in [0.717, 1.165) is 32.6 Å². The van der Waals surface area contributed by atoms with Crippen molar-refractivity contribution < 1.29 is 4.74 Å². The van der Waals surface area contributed by atoms with Crippen molar-refractivity contribution in [1.29, 1.82) is 0 Å². The Labute approximate surface area is 74.9 Å². The lowest BCUT2D eigenvalue weighted by molar-refractivity contribution is 0.132. The monoisotopic (exact) mass is 172 g/mol. The molecule has 1 saturated heterocycles. The lowest BCUT2D eigenvalue weighted by Gasteiger charge is -2.30. The minimum Gasteiger partial charge on any atom is -0.380 e. The van der Waals surface area contributed by atoms with E-state index in [-0.39, 0.29) is 0 Å². The molecule has 3 heteroatoms. The summed E-state index contributed by atoms with van der Waals surface area (Å²) in [5.41, 5.74) is 5.67. The van der Waals surface area contributed by atoms with Crippen LogP contribution in [0.2, 0.25) is 0 Å². The van der Waals surface area contributed by atoms with E-state index in [1.165, 1.54) is 0 Å². The number of likely N-dealkylation sites (N-methyl/N-ethyl adjacent to an activating group) is 1. The van der Waals surface area contributed by atoms with Crippen LogP contribution in [0.3, 0.4) is 0 Å². The molecule has 0 saturated carbocycles. The van der Waals surface area contributed by atoms with Gasteiger partial charge in [-0.15, -0.1) is 0 Å². The lowest BCUT2D eigenvalue weighted by Crippen LogP contribution is -2.44. The topological polar surface area (TPSA) is 38.5 Å². The first kappa shape index (κ1) is 9.96. The molecule has 2 atom stereocenters. The highest BCUT2D eigenvalue weighted by Crippen LogP contribution is 2.14. The van der Waals surface area contributed by atoms with Crippen molar-refractivity contribution in [2.45, 2.75) is 31.8 Å². The zero-order chi connectivity index (χ0) is 8.97. The molecule has 1 heterocycles. The Morgan fingerprint density at radius 2 is 2.42 bits per heavy atom. The van der Waals surface area contributed by atoms with Crippen LogP contribution >= 0.6 is 0 Å². The molecule has 0 radical (unpaired) electrons. The molecule has 72 valence electrons. The van der Waals surface area contributed by atoms with Gasteiger partial charge in [0.05, 0.1) is 6.61 Å². The lowest BCUT2D eigenvalue weighted by atomic mass is 10.1. The fourth-order valence-electron chi connectivity index (χ4n) is 1.76. The number of rotatable bonds is 4. The number of hydrogen-bond donors (Lipinski definition) is 1. The molecule has 0 aliphatic carbocycles. The summed E-state index contributed by atoms with van der Waals surface area (Å²) in [6.45, 7) is 4.73. The van der Waals surface area contributed by atoms with E-state index in [9.17, 15) is 0 Å². The van der Waals surface area contributed by atoms with Crippen molar-refractivity contribution in [2.75, 3.05) is 26.8 Å². The van der Waals surface area contributed by atoms with Crippen LogP contribution in [0.4, 0.5) is 0 Å². The summed E-state index contributed by atoms with van der Waals surface area (Å²) >= 11 is 0. The summed E-state index contributed by atoms with van der Waals surface area (Å²) in [4.78, 5) is 2.37. The summed E-state index contributed by atoms with van der Waals surface area (Å²) in [6, 6.07) is 1.12. The van der Waals surface area contributed by atoms with Crippen molar-refractivity contribution in [1.82, 2.24) is 4.90 Å². The van der Waals surface area contributed by atoms with Crippen molar-refractivity contribution in [3.8, 4) is 0 Å². The van der Waals surface area contributed by atoms with Crippen LogP contribution in [0, 0.1) is 0 Å². The normalized spacial score (nSPS) is 26.5. The second kappa shape index (κ2) is 4.80. The second-order valence-electron chi connectivity index (χ2n) is 3.48. The Kier molecular flexibility index (Phi) is 3.98. The van der Waals surface area contributed by atoms with Gasteiger partial charge in [-0.3, -0.25) is 4.90 Å². The zero-order valence-electron chi connectivity index (χ0n) is 8.12. The molecule has 1 aliphatic rings. The fraction of sp³-hybridized carbons (Fsp3) is 1.00. The molecular weight excluding hydrogens is 152 g/mol. The van der Waals surface area contributed by atoms with Gasteiger partial charge in [-0.2, -0.15) is 0 Å². The molecule has 1 rings (SSSR count). The van der Waals surface area contributed by atoms with Gasteiger partial charge >= 0.3 is 0 Å². The Morgan fingerprint density at radius 1 is 1.67 bits per heavy atom. The minimum atomic E-state index is 0.525. The molecule has 2 N–H and O–H groups in total. The van der Waals surface area contributed by atoms with E-state index >= 15 is 0 Å². The van der Waals surface area contributed by atoms with Crippen LogP contribution in [-0.2, 0) is 4.74 Å². The van der Waals surface area contributed by atoms with Crippen molar-refractivity contribution in [3.05, 3.63) is 0 Å². The molecular formula is C9H20N2O. The summed E-state index contributed by atoms with van der Waals surface area (Å²) in [5.74, 6) is 0. The average molecular weight is 172 g/mol. The fourth-order valence-corrected chi connectivity index (χ4v) is 1.76. The standard InChI is InChI=1S/C9H20N2O/c1-3-8(6-10)11(2)9-4-5-12-7-9/h8-9H,3-7,10H2,1-2H3. The molecule has 12 heavy (non-hydrogen) atoms. The first-order valence-electron chi connectivity index (χ1n) is 4.79. The molecule has 1 fully saturated rings. The molecule has 2 unspecified atom stereocenters. The Morgan fingerprint density at radius 3 is 2.83 bits per heavy atom. The maximum absolute atomic E-state index is 5.67. The van der Waals surface area contributed by atoms with Gasteiger partial charge in [-0.05, 0) is 19.9 Å². The van der Waals surface area contributed by atoms with Crippen LogP contribution in [0.25, 0.3) is 0 Å². The van der Waals surface area contributed by atoms with Crippen LogP contribution in [0.5, 0.6) is 0 Å². The predicted molar refractivity (Wildman–Crippen MR) is 50.1 cm³/mol. The highest BCUT2D eigenvalue weighted by atomic mass is 16.5. The van der Waals surface area contributed by atoms with Crippen LogP contribution < -0.4 is 5.73 Å². The Hall–Kier alpha value is -0.120. The van der Waals surface area contributed by atoms with Crippen LogP contribution in [0.1, 0.15) is 19.8 Å². The molecule has 0 bridgehead atoms. The van der Waals surface area contributed by atoms with Gasteiger partial charge in [0, 0.05) is 25.2 Å². The quantitative estimate of drug-likeness (QED) is 0.669. The number of nitrogens with zero attached hydrogens (tertiary/aromatic N) is 1. The average Bonchev–Trinajstić information content (AvgIpc) is 2.58. The first-order valence-corrected chi connectivity index (χ1v) is 4.79. The van der Waals surface area contributed by atoms with Crippen LogP contribution in [0.15, 0.2) is 0 Å². The van der Waals surface area contributed by atoms with Gasteiger partial charge in [-0.1, -0.05) is 6.92 Å². The summed E-state index contributed by atoms with van der Waals surface area (Å²) in [6.07, 6.45) is 2.29. The van der Waals surface area contributed by atoms with E-state index in [0.29, 0.717) is 12.1 Å². The highest BCUT2D eigenvalue weighted by Gasteiger charge is 2.24. The van der Waals surface area contributed by atoms with Crippen LogP contribution in [-0.4, -0.2) is 43.8 Å². The molecule has 0 spiro atoms. The van der Waals surface area contributed by atoms with Crippen molar-refractivity contribution in [3.63, 3.8) is 0 Å². The van der Waals surface area contributed by atoms with Gasteiger partial charge < -0.3 is 10.5 Å². The van der Waals surface area contributed by atoms with E-state index in [2.05, 4.69) is 18.9 Å². The van der Waals surface area contributed by atoms with E-state index < -0.39 is 0 Å². The minimum absolute atomic E-state index is 0.525. The second-order valence-corrected chi connectivity index (χ2v) is 3.48. The zero-order valence-corrected chi connectivity index (χ0v) is 8.12. The molecule has 3 nitrogen and oxygen atoms in total. The smallest absolute Gasteiger partial charge is 0.0622 e. The Bertz CT molecular complexity index is 118. The molecule has 0 aromatic rings. The van der Waals surface area contributed by atoms with Gasteiger partial charge in [0.25, 0.3) is 0 Å². The highest BCUT2D eigenvalue weighted by molar-refractivity contribution is 4.78. The summed E-state index contributed by atoms with van der Waals surface area (Å²) in [5, 5.41) is 0. The number of ether oxygens (including phenoxy) is 1. The Balaban J connectivity index is 2.37. The molecule has 1 aliphatic heterocycles. The molecule has 0 aromatic carbocycles. The SMILES string of the molecule is CCC(CN)N(C)C1CCOC1. The van der Waals surface area contributed by atoms with Gasteiger partial charge in [0.15, 0.2) is 0 Å². The third-order valence-corrected chi connectivity index (χ3v) is 2.80. The molecule has 0 amide bonds. The van der Waals surface area contributed by atoms with E-state index in [1.54, 1.807) is 0 Å². The third-order valence-electron chi connectivity index (χ3n) is 2.80. The van der Waals surface area contributed by atoms with E-state index in [4.69, 9.17) is 10.5 Å². The molecule has 0 aromatic heterocycles. The third kappa shape index (κ3) is 2.19. The first-order chi connectivity index (χ1) is 5.79. The van der Waals surface area contributed by atoms with Gasteiger partial charge in [0.1, 0.15) is 0 Å². The van der Waals surface area contributed by atoms with Crippen molar-refractivity contribution >= 4 is 0 Å². The van der Waals surface area contributed by atoms with Gasteiger partial charge in [0.2, 0.25) is 0 Å². The summed E-state index contributed by atoms with van der Waals surface area (Å²) < 4.78 is 5.33. The maximum atomic E-state index is 5.67. The number of hydrogen-bond acceptors (Lipinski definition) is 3. The largest absolute Gasteiger partial charge is 0.380 e. The van der Waals surface area contributed by atoms with Gasteiger partial charge in [-0.25, -0.2) is 0 Å². The van der Waals surface area contributed by atoms with Crippen molar-refractivity contribution in [2.24, 2.45) is 5.73 Å².